The fraction of sp³-hybridized carbons (Fsp3) is 1.00. The number of hydrogen-bond donors (Lipinski definition) is 1. The zero-order valence-electron chi connectivity index (χ0n) is 4.15. The minimum atomic E-state index is 0. The average molecular weight is 90.0 g/mol. The van der Waals surface area contributed by atoms with Crippen molar-refractivity contribution in [1.29, 1.82) is 0 Å². The molecule has 40 valence electrons. The second-order valence-corrected chi connectivity index (χ2v) is 1.34. The Morgan fingerprint density at radius 2 is 1.00 bits per heavy atom. The summed E-state index contributed by atoms with van der Waals surface area (Å²) < 4.78 is 0. The molecule has 0 heterocycles. The summed E-state index contributed by atoms with van der Waals surface area (Å²) in [6, 6.07) is 0. The molecule has 0 amide bonds. The van der Waals surface area contributed by atoms with Gasteiger partial charge in [-0.25, -0.2) is 0 Å². The summed E-state index contributed by atoms with van der Waals surface area (Å²) in [5.74, 6) is 0. The SMILES string of the molecule is B.CN(C)C.N. The third-order valence-corrected chi connectivity index (χ3v) is 0. The van der Waals surface area contributed by atoms with E-state index >= 15 is 0 Å². The van der Waals surface area contributed by atoms with Crippen molar-refractivity contribution in [3.05, 3.63) is 0 Å². The van der Waals surface area contributed by atoms with Crippen molar-refractivity contribution < 1.29 is 0 Å². The Labute approximate surface area is 41.7 Å². The van der Waals surface area contributed by atoms with Crippen LogP contribution in [0, 0.1) is 0 Å². The number of hydrogen-bond acceptors (Lipinski definition) is 2. The molecular formula is C3H15BN2. The molecule has 0 rings (SSSR count). The molecule has 0 saturated carbocycles. The summed E-state index contributed by atoms with van der Waals surface area (Å²) in [6.07, 6.45) is 0. The van der Waals surface area contributed by atoms with Gasteiger partial charge in [-0.15, -0.1) is 0 Å². The summed E-state index contributed by atoms with van der Waals surface area (Å²) >= 11 is 0. The van der Waals surface area contributed by atoms with Crippen LogP contribution < -0.4 is 6.15 Å². The van der Waals surface area contributed by atoms with Gasteiger partial charge in [0, 0.05) is 0 Å². The van der Waals surface area contributed by atoms with Crippen LogP contribution in [0.4, 0.5) is 0 Å². The third-order valence-electron chi connectivity index (χ3n) is 0. The number of nitrogens with zero attached hydrogens (tertiary/aromatic N) is 1. The summed E-state index contributed by atoms with van der Waals surface area (Å²) in [6.45, 7) is 0. The highest BCUT2D eigenvalue weighted by atomic mass is 15.0. The molecule has 0 fully saturated rings. The minimum absolute atomic E-state index is 0. The Bertz CT molecular complexity index is 13.5. The summed E-state index contributed by atoms with van der Waals surface area (Å²) in [5.41, 5.74) is 0. The van der Waals surface area contributed by atoms with Gasteiger partial charge in [-0.1, -0.05) is 0 Å². The van der Waals surface area contributed by atoms with Gasteiger partial charge in [0.2, 0.25) is 0 Å². The lowest BCUT2D eigenvalue weighted by Crippen LogP contribution is -1.99. The summed E-state index contributed by atoms with van der Waals surface area (Å²) in [4.78, 5) is 2.00. The zero-order chi connectivity index (χ0) is 3.58. The van der Waals surface area contributed by atoms with Gasteiger partial charge in [0.15, 0.2) is 0 Å². The van der Waals surface area contributed by atoms with Crippen LogP contribution in [0.5, 0.6) is 0 Å². The van der Waals surface area contributed by atoms with Crippen LogP contribution in [0.2, 0.25) is 0 Å². The van der Waals surface area contributed by atoms with E-state index in [2.05, 4.69) is 0 Å². The molecule has 3 heteroatoms. The smallest absolute Gasteiger partial charge is 0.0814 e. The average Bonchev–Trinajstić information content (AvgIpc) is 0.811. The molecule has 0 saturated heterocycles. The summed E-state index contributed by atoms with van der Waals surface area (Å²) in [7, 11) is 6.00. The van der Waals surface area contributed by atoms with Crippen molar-refractivity contribution in [2.75, 3.05) is 21.1 Å². The predicted octanol–water partition coefficient (Wildman–Crippen LogP) is -0.844. The molecule has 0 aliphatic carbocycles. The highest BCUT2D eigenvalue weighted by molar-refractivity contribution is 5.75. The molecule has 2 nitrogen and oxygen atoms in total. The van der Waals surface area contributed by atoms with Crippen LogP contribution in [0.1, 0.15) is 0 Å². The van der Waals surface area contributed by atoms with E-state index in [0.29, 0.717) is 0 Å². The molecule has 0 unspecified atom stereocenters. The second kappa shape index (κ2) is 8.88. The molecule has 0 aliphatic rings. The Hall–Kier alpha value is -0.0151. The monoisotopic (exact) mass is 90.1 g/mol. The maximum Gasteiger partial charge on any atom is 0.0814 e. The molecule has 0 atom stereocenters. The number of rotatable bonds is 0. The lowest BCUT2D eigenvalue weighted by Gasteiger charge is -1.90. The van der Waals surface area contributed by atoms with Crippen LogP contribution >= 0.6 is 0 Å². The van der Waals surface area contributed by atoms with E-state index in [0.717, 1.165) is 0 Å². The molecule has 0 spiro atoms. The van der Waals surface area contributed by atoms with Gasteiger partial charge in [-0.05, 0) is 21.1 Å². The van der Waals surface area contributed by atoms with Gasteiger partial charge >= 0.3 is 0 Å². The van der Waals surface area contributed by atoms with Crippen LogP contribution in [0.25, 0.3) is 0 Å². The second-order valence-electron chi connectivity index (χ2n) is 1.34. The molecule has 3 N–H and O–H groups in total. The van der Waals surface area contributed by atoms with Gasteiger partial charge in [-0.3, -0.25) is 0 Å². The molecule has 0 radical (unpaired) electrons. The predicted molar refractivity (Wildman–Crippen MR) is 34.6 cm³/mol. The van der Waals surface area contributed by atoms with Crippen molar-refractivity contribution >= 4 is 8.41 Å². The maximum atomic E-state index is 2.00. The van der Waals surface area contributed by atoms with Crippen LogP contribution in [-0.2, 0) is 0 Å². The first-order valence-electron chi connectivity index (χ1n) is 1.34. The Balaban J connectivity index is -0.0000000450. The van der Waals surface area contributed by atoms with E-state index in [-0.39, 0.29) is 14.6 Å². The first-order valence-corrected chi connectivity index (χ1v) is 1.34. The van der Waals surface area contributed by atoms with Gasteiger partial charge in [0.05, 0.1) is 8.41 Å². The van der Waals surface area contributed by atoms with E-state index in [1.54, 1.807) is 0 Å². The van der Waals surface area contributed by atoms with Crippen molar-refractivity contribution in [2.45, 2.75) is 0 Å². The highest BCUT2D eigenvalue weighted by Gasteiger charge is 1.58. The first kappa shape index (κ1) is 16.7. The lowest BCUT2D eigenvalue weighted by atomic mass is 10.8. The first-order chi connectivity index (χ1) is 1.73. The van der Waals surface area contributed by atoms with Gasteiger partial charge in [-0.2, -0.15) is 0 Å². The fourth-order valence-electron chi connectivity index (χ4n) is 0. The van der Waals surface area contributed by atoms with Gasteiger partial charge < -0.3 is 11.1 Å². The molecule has 6 heavy (non-hydrogen) atoms. The van der Waals surface area contributed by atoms with Crippen molar-refractivity contribution in [3.8, 4) is 0 Å². The minimum Gasteiger partial charge on any atom is -0.344 e. The Kier molecular flexibility index (Phi) is 24.7. The Morgan fingerprint density at radius 1 is 1.00 bits per heavy atom. The van der Waals surface area contributed by atoms with E-state index in [4.69, 9.17) is 0 Å². The van der Waals surface area contributed by atoms with Crippen LogP contribution in [0.3, 0.4) is 0 Å². The van der Waals surface area contributed by atoms with Crippen LogP contribution in [0.15, 0.2) is 0 Å². The molecule has 0 aromatic heterocycles. The fourth-order valence-corrected chi connectivity index (χ4v) is 0. The highest BCUT2D eigenvalue weighted by Crippen LogP contribution is 1.47. The van der Waals surface area contributed by atoms with E-state index < -0.39 is 0 Å². The largest absolute Gasteiger partial charge is 0.344 e. The maximum absolute atomic E-state index is 2.00. The zero-order valence-corrected chi connectivity index (χ0v) is 4.15. The van der Waals surface area contributed by atoms with Crippen molar-refractivity contribution in [1.82, 2.24) is 11.1 Å². The van der Waals surface area contributed by atoms with Crippen molar-refractivity contribution in [2.24, 2.45) is 0 Å². The molecule has 0 aliphatic heterocycles. The van der Waals surface area contributed by atoms with E-state index in [9.17, 15) is 0 Å². The van der Waals surface area contributed by atoms with Gasteiger partial charge in [0.1, 0.15) is 0 Å². The molecule has 0 bridgehead atoms. The molecule has 0 aromatic rings. The molecule has 0 aromatic carbocycles. The summed E-state index contributed by atoms with van der Waals surface area (Å²) in [5, 5.41) is 0. The molecular weight excluding hydrogens is 74.9 g/mol. The standard InChI is InChI=1S/C3H9N.BH3.H3N/c1-4(2)3;;/h1-3H3;2*1H3. The van der Waals surface area contributed by atoms with Crippen LogP contribution in [-0.4, -0.2) is 34.5 Å². The quantitative estimate of drug-likeness (QED) is 0.393. The van der Waals surface area contributed by atoms with Gasteiger partial charge in [0.25, 0.3) is 0 Å². The Morgan fingerprint density at radius 3 is 1.00 bits per heavy atom. The van der Waals surface area contributed by atoms with Crippen molar-refractivity contribution in [3.63, 3.8) is 0 Å². The van der Waals surface area contributed by atoms with E-state index in [1.165, 1.54) is 0 Å². The van der Waals surface area contributed by atoms with E-state index in [1.807, 2.05) is 26.0 Å². The normalized spacial score (nSPS) is 6.00. The topological polar surface area (TPSA) is 38.2 Å². The lowest BCUT2D eigenvalue weighted by molar-refractivity contribution is 0.505. The third kappa shape index (κ3) is 156000.